The molecule has 3 aliphatic rings. The van der Waals surface area contributed by atoms with Gasteiger partial charge in [-0.3, -0.25) is 9.59 Å². The predicted molar refractivity (Wildman–Crippen MR) is 68.8 cm³/mol. The highest BCUT2D eigenvalue weighted by atomic mass is 16.6. The molecule has 20 heavy (non-hydrogen) atoms. The third kappa shape index (κ3) is 1.93. The lowest BCUT2D eigenvalue weighted by Crippen LogP contribution is -2.30. The van der Waals surface area contributed by atoms with Crippen LogP contribution in [0.3, 0.4) is 0 Å². The Morgan fingerprint density at radius 1 is 1.45 bits per heavy atom. The van der Waals surface area contributed by atoms with Gasteiger partial charge in [0.15, 0.2) is 12.1 Å². The molecular weight excluding hydrogens is 260 g/mol. The van der Waals surface area contributed by atoms with Gasteiger partial charge in [0, 0.05) is 17.9 Å². The van der Waals surface area contributed by atoms with Crippen molar-refractivity contribution in [1.29, 1.82) is 0 Å². The molecule has 3 rings (SSSR count). The molecule has 0 bridgehead atoms. The van der Waals surface area contributed by atoms with Gasteiger partial charge in [0.25, 0.3) is 0 Å². The van der Waals surface area contributed by atoms with Crippen LogP contribution in [0.2, 0.25) is 0 Å². The highest BCUT2D eigenvalue weighted by Gasteiger charge is 2.61. The van der Waals surface area contributed by atoms with Crippen molar-refractivity contribution in [2.45, 2.75) is 44.0 Å². The Labute approximate surface area is 116 Å². The molecule has 1 aliphatic carbocycles. The van der Waals surface area contributed by atoms with Crippen LogP contribution in [0.25, 0.3) is 0 Å². The summed E-state index contributed by atoms with van der Waals surface area (Å²) in [6, 6.07) is 0. The molecule has 0 aromatic carbocycles. The molecule has 0 aromatic heterocycles. The van der Waals surface area contributed by atoms with Crippen LogP contribution in [0.5, 0.6) is 0 Å². The molecule has 5 nitrogen and oxygen atoms in total. The second-order valence-electron chi connectivity index (χ2n) is 5.80. The summed E-state index contributed by atoms with van der Waals surface area (Å²) in [6.07, 6.45) is 2.93. The first-order valence-corrected chi connectivity index (χ1v) is 6.72. The van der Waals surface area contributed by atoms with Crippen molar-refractivity contribution >= 4 is 18.0 Å². The van der Waals surface area contributed by atoms with E-state index in [1.165, 1.54) is 0 Å². The summed E-state index contributed by atoms with van der Waals surface area (Å²) in [7, 11) is 0. The summed E-state index contributed by atoms with van der Waals surface area (Å²) in [6.45, 7) is 5.68. The number of aldehydes is 1. The monoisotopic (exact) mass is 276 g/mol. The lowest BCUT2D eigenvalue weighted by Gasteiger charge is -2.18. The second kappa shape index (κ2) is 4.38. The number of fused-ring (bicyclic) bond motifs is 3. The van der Waals surface area contributed by atoms with Gasteiger partial charge in [0.1, 0.15) is 12.2 Å². The minimum absolute atomic E-state index is 0.0652. The maximum atomic E-state index is 12.1. The molecule has 0 saturated carbocycles. The van der Waals surface area contributed by atoms with E-state index < -0.39 is 18.0 Å². The van der Waals surface area contributed by atoms with E-state index in [4.69, 9.17) is 9.47 Å². The maximum absolute atomic E-state index is 12.1. The van der Waals surface area contributed by atoms with Gasteiger partial charge >= 0.3 is 5.97 Å². The Morgan fingerprint density at radius 2 is 2.20 bits per heavy atom. The molecule has 106 valence electrons. The third-order valence-corrected chi connectivity index (χ3v) is 4.45. The fourth-order valence-corrected chi connectivity index (χ4v) is 3.07. The van der Waals surface area contributed by atoms with Crippen LogP contribution in [0.15, 0.2) is 23.8 Å². The normalized spacial score (nSPS) is 40.4. The fourth-order valence-electron chi connectivity index (χ4n) is 3.07. The Morgan fingerprint density at radius 3 is 2.90 bits per heavy atom. The fraction of sp³-hybridized carbons (Fsp3) is 0.533. The zero-order valence-corrected chi connectivity index (χ0v) is 11.3. The van der Waals surface area contributed by atoms with Crippen LogP contribution in [0, 0.1) is 5.92 Å². The van der Waals surface area contributed by atoms with Crippen LogP contribution in [0.4, 0.5) is 0 Å². The Kier molecular flexibility index (Phi) is 2.90. The smallest absolute Gasteiger partial charge is 0.334 e. The number of ketones is 1. The molecule has 0 aromatic rings. The van der Waals surface area contributed by atoms with Crippen LogP contribution in [0.1, 0.15) is 26.2 Å². The van der Waals surface area contributed by atoms with E-state index in [0.29, 0.717) is 24.7 Å². The average Bonchev–Trinajstić information content (AvgIpc) is 3.00. The summed E-state index contributed by atoms with van der Waals surface area (Å²) in [5, 5.41) is 0. The Balaban J connectivity index is 1.95. The number of carbonyl (C=O) groups excluding carboxylic acids is 3. The van der Waals surface area contributed by atoms with Crippen molar-refractivity contribution in [3.05, 3.63) is 23.8 Å². The number of rotatable bonds is 1. The summed E-state index contributed by atoms with van der Waals surface area (Å²) in [4.78, 5) is 34.8. The van der Waals surface area contributed by atoms with Crippen LogP contribution in [-0.2, 0) is 23.9 Å². The number of Topliss-reactive ketones (excluding diaryl/α,β-unsaturated/α-hetero) is 1. The molecule has 0 amide bonds. The molecule has 2 heterocycles. The van der Waals surface area contributed by atoms with Crippen molar-refractivity contribution < 1.29 is 23.9 Å². The third-order valence-electron chi connectivity index (χ3n) is 4.45. The van der Waals surface area contributed by atoms with Gasteiger partial charge < -0.3 is 9.47 Å². The number of hydrogen-bond acceptors (Lipinski definition) is 5. The van der Waals surface area contributed by atoms with Crippen molar-refractivity contribution in [2.75, 3.05) is 0 Å². The molecule has 5 heteroatoms. The van der Waals surface area contributed by atoms with E-state index in [2.05, 4.69) is 6.58 Å². The van der Waals surface area contributed by atoms with Gasteiger partial charge in [0.05, 0.1) is 11.2 Å². The number of carbonyl (C=O) groups is 3. The zero-order chi connectivity index (χ0) is 14.5. The predicted octanol–water partition coefficient (Wildman–Crippen LogP) is 1.12. The van der Waals surface area contributed by atoms with Gasteiger partial charge in [-0.15, -0.1) is 0 Å². The summed E-state index contributed by atoms with van der Waals surface area (Å²) >= 11 is 0. The van der Waals surface area contributed by atoms with Gasteiger partial charge in [-0.2, -0.15) is 0 Å². The first kappa shape index (κ1) is 13.2. The highest BCUT2D eigenvalue weighted by molar-refractivity contribution is 6.12. The number of esters is 1. The highest BCUT2D eigenvalue weighted by Crippen LogP contribution is 2.49. The number of ether oxygens (including phenoxy) is 2. The van der Waals surface area contributed by atoms with Crippen LogP contribution >= 0.6 is 0 Å². The quantitative estimate of drug-likeness (QED) is 0.236. The largest absolute Gasteiger partial charge is 0.455 e. The van der Waals surface area contributed by atoms with E-state index >= 15 is 0 Å². The van der Waals surface area contributed by atoms with E-state index in [0.717, 1.165) is 0 Å². The van der Waals surface area contributed by atoms with Crippen molar-refractivity contribution in [1.82, 2.24) is 0 Å². The molecule has 2 aliphatic heterocycles. The molecular formula is C15H16O5. The van der Waals surface area contributed by atoms with Crippen LogP contribution in [-0.4, -0.2) is 35.8 Å². The molecule has 0 radical (unpaired) electrons. The van der Waals surface area contributed by atoms with Gasteiger partial charge in [-0.05, 0) is 19.8 Å². The topological polar surface area (TPSA) is 73.0 Å². The minimum atomic E-state index is -0.471. The number of allylic oxidation sites excluding steroid dienone is 2. The lowest BCUT2D eigenvalue weighted by molar-refractivity contribution is -0.140. The first-order valence-electron chi connectivity index (χ1n) is 6.72. The average molecular weight is 276 g/mol. The van der Waals surface area contributed by atoms with E-state index in [1.807, 2.05) is 6.92 Å². The lowest BCUT2D eigenvalue weighted by atomic mass is 9.83. The van der Waals surface area contributed by atoms with E-state index in [9.17, 15) is 14.4 Å². The van der Waals surface area contributed by atoms with Crippen molar-refractivity contribution in [2.24, 2.45) is 5.92 Å². The van der Waals surface area contributed by atoms with Crippen molar-refractivity contribution in [3.63, 3.8) is 0 Å². The Hall–Kier alpha value is -1.75. The van der Waals surface area contributed by atoms with Crippen LogP contribution < -0.4 is 0 Å². The van der Waals surface area contributed by atoms with Gasteiger partial charge in [-0.1, -0.05) is 12.7 Å². The molecule has 0 N–H and O–H groups in total. The first-order chi connectivity index (χ1) is 9.46. The van der Waals surface area contributed by atoms with Gasteiger partial charge in [0.2, 0.25) is 0 Å². The molecule has 2 fully saturated rings. The van der Waals surface area contributed by atoms with E-state index in [-0.39, 0.29) is 29.5 Å². The zero-order valence-electron chi connectivity index (χ0n) is 11.3. The standard InChI is InChI=1S/C15H16O5/c1-8-10-6-11(17)9(7-16)4-3-5-15(2)13(20-15)12(10)19-14(8)18/h4,7,10,12-13H,1,3,5-6H2,2H3/t10-,12-,13+,15+/m0/s1. The summed E-state index contributed by atoms with van der Waals surface area (Å²) < 4.78 is 11.0. The SMILES string of the molecule is C=C1C(=O)O[C@@H]2[C@H]3O[C@]3(C)CCC=C(C=O)C(=O)C[C@@H]12. The Bertz CT molecular complexity index is 546. The number of hydrogen-bond donors (Lipinski definition) is 0. The van der Waals surface area contributed by atoms with E-state index in [1.54, 1.807) is 6.08 Å². The van der Waals surface area contributed by atoms with Gasteiger partial charge in [-0.25, -0.2) is 4.79 Å². The maximum Gasteiger partial charge on any atom is 0.334 e. The summed E-state index contributed by atoms with van der Waals surface area (Å²) in [5.41, 5.74) is 0.115. The molecule has 0 spiro atoms. The van der Waals surface area contributed by atoms with Crippen molar-refractivity contribution in [3.8, 4) is 0 Å². The molecule has 2 saturated heterocycles. The minimum Gasteiger partial charge on any atom is -0.455 e. The summed E-state index contributed by atoms with van der Waals surface area (Å²) in [5.74, 6) is -1.14. The molecule has 4 atom stereocenters. The second-order valence-corrected chi connectivity index (χ2v) is 5.80. The molecule has 0 unspecified atom stereocenters. The number of epoxide rings is 1.